The molecule has 0 unspecified atom stereocenters. The van der Waals surface area contributed by atoms with Gasteiger partial charge in [-0.2, -0.15) is 0 Å². The van der Waals surface area contributed by atoms with Crippen LogP contribution in [0, 0.1) is 13.8 Å². The normalized spacial score (nSPS) is 11.7. The molecule has 0 aliphatic heterocycles. The molecule has 2 nitrogen and oxygen atoms in total. The van der Waals surface area contributed by atoms with E-state index >= 15 is 0 Å². The van der Waals surface area contributed by atoms with Gasteiger partial charge in [0, 0.05) is 15.2 Å². The Bertz CT molecular complexity index is 454. The van der Waals surface area contributed by atoms with Crippen molar-refractivity contribution in [1.82, 2.24) is 0 Å². The molecule has 14 heavy (non-hydrogen) atoms. The first-order valence-corrected chi connectivity index (χ1v) is 7.25. The van der Waals surface area contributed by atoms with E-state index in [1.165, 1.54) is 0 Å². The molecule has 0 N–H and O–H groups in total. The number of hydrogen-bond donors (Lipinski definition) is 0. The van der Waals surface area contributed by atoms with Gasteiger partial charge in [0.15, 0.2) is 0 Å². The molecule has 0 bridgehead atoms. The SMILES string of the molecule is Cc1ccc(Br)c(C)c1CS(=O)(=O)Cl. The molecule has 0 saturated heterocycles. The highest BCUT2D eigenvalue weighted by atomic mass is 79.9. The maximum atomic E-state index is 11.0. The van der Waals surface area contributed by atoms with Crippen LogP contribution in [0.2, 0.25) is 0 Å². The molecule has 0 heterocycles. The van der Waals surface area contributed by atoms with E-state index in [1.54, 1.807) is 0 Å². The molecule has 1 aromatic carbocycles. The molecule has 78 valence electrons. The Hall–Kier alpha value is -0.0600. The van der Waals surface area contributed by atoms with Crippen LogP contribution in [0.4, 0.5) is 0 Å². The van der Waals surface area contributed by atoms with Gasteiger partial charge in [-0.15, -0.1) is 0 Å². The van der Waals surface area contributed by atoms with Gasteiger partial charge in [0.2, 0.25) is 9.05 Å². The summed E-state index contributed by atoms with van der Waals surface area (Å²) in [4.78, 5) is 0. The van der Waals surface area contributed by atoms with Crippen LogP contribution in [0.25, 0.3) is 0 Å². The molecule has 0 fully saturated rings. The maximum Gasteiger partial charge on any atom is 0.236 e. The topological polar surface area (TPSA) is 34.1 Å². The molecule has 0 amide bonds. The summed E-state index contributed by atoms with van der Waals surface area (Å²) in [6.07, 6.45) is 0. The number of benzene rings is 1. The molecule has 0 aromatic heterocycles. The van der Waals surface area contributed by atoms with Crippen molar-refractivity contribution in [1.29, 1.82) is 0 Å². The van der Waals surface area contributed by atoms with Crippen LogP contribution in [0.15, 0.2) is 16.6 Å². The van der Waals surface area contributed by atoms with E-state index in [0.717, 1.165) is 21.2 Å². The minimum Gasteiger partial charge on any atom is -0.212 e. The fourth-order valence-corrected chi connectivity index (χ4v) is 2.75. The van der Waals surface area contributed by atoms with Gasteiger partial charge in [-0.3, -0.25) is 0 Å². The predicted molar refractivity (Wildman–Crippen MR) is 62.1 cm³/mol. The van der Waals surface area contributed by atoms with E-state index in [2.05, 4.69) is 15.9 Å². The summed E-state index contributed by atoms with van der Waals surface area (Å²) in [7, 11) is 1.73. The van der Waals surface area contributed by atoms with E-state index in [4.69, 9.17) is 10.7 Å². The van der Waals surface area contributed by atoms with E-state index in [0.29, 0.717) is 0 Å². The molecule has 0 aliphatic rings. The molecule has 5 heteroatoms. The highest BCUT2D eigenvalue weighted by Gasteiger charge is 2.13. The van der Waals surface area contributed by atoms with E-state index in [-0.39, 0.29) is 5.75 Å². The quantitative estimate of drug-likeness (QED) is 0.786. The van der Waals surface area contributed by atoms with Crippen LogP contribution in [0.1, 0.15) is 16.7 Å². The fourth-order valence-electron chi connectivity index (χ4n) is 1.26. The second-order valence-corrected chi connectivity index (χ2v) is 6.78. The van der Waals surface area contributed by atoms with E-state index in [1.807, 2.05) is 26.0 Å². The van der Waals surface area contributed by atoms with Crippen molar-refractivity contribution in [2.75, 3.05) is 0 Å². The average Bonchev–Trinajstić information content (AvgIpc) is 2.04. The van der Waals surface area contributed by atoms with Gasteiger partial charge in [-0.25, -0.2) is 8.42 Å². The van der Waals surface area contributed by atoms with Gasteiger partial charge in [-0.1, -0.05) is 22.0 Å². The predicted octanol–water partition coefficient (Wildman–Crippen LogP) is 3.13. The summed E-state index contributed by atoms with van der Waals surface area (Å²) in [5, 5.41) is 0. The minimum absolute atomic E-state index is 0.119. The fraction of sp³-hybridized carbons (Fsp3) is 0.333. The molecule has 0 radical (unpaired) electrons. The van der Waals surface area contributed by atoms with Gasteiger partial charge in [0.05, 0.1) is 5.75 Å². The smallest absolute Gasteiger partial charge is 0.212 e. The Kier molecular flexibility index (Phi) is 3.61. The molecule has 1 rings (SSSR count). The van der Waals surface area contributed by atoms with Crippen LogP contribution in [-0.4, -0.2) is 8.42 Å². The van der Waals surface area contributed by atoms with Crippen LogP contribution in [-0.2, 0) is 14.8 Å². The Morgan fingerprint density at radius 3 is 2.43 bits per heavy atom. The summed E-state index contributed by atoms with van der Waals surface area (Å²) in [6, 6.07) is 3.77. The monoisotopic (exact) mass is 296 g/mol. The lowest BCUT2D eigenvalue weighted by Crippen LogP contribution is -2.00. The Balaban J connectivity index is 3.27. The summed E-state index contributed by atoms with van der Waals surface area (Å²) in [5.74, 6) is -0.119. The van der Waals surface area contributed by atoms with E-state index < -0.39 is 9.05 Å². The molecular weight excluding hydrogens is 288 g/mol. The van der Waals surface area contributed by atoms with Crippen LogP contribution in [0.3, 0.4) is 0 Å². The zero-order valence-corrected chi connectivity index (χ0v) is 11.0. The summed E-state index contributed by atoms with van der Waals surface area (Å²) in [6.45, 7) is 3.74. The first-order chi connectivity index (χ1) is 6.31. The molecule has 1 aromatic rings. The molecule has 0 atom stereocenters. The average molecular weight is 298 g/mol. The third kappa shape index (κ3) is 2.97. The Morgan fingerprint density at radius 1 is 1.36 bits per heavy atom. The zero-order valence-electron chi connectivity index (χ0n) is 7.84. The lowest BCUT2D eigenvalue weighted by atomic mass is 10.1. The van der Waals surface area contributed by atoms with Gasteiger partial charge >= 0.3 is 0 Å². The standard InChI is InChI=1S/C9H10BrClO2S/c1-6-3-4-9(10)7(2)8(6)5-14(11,12)13/h3-4H,5H2,1-2H3. The molecule has 0 aliphatic carbocycles. The number of rotatable bonds is 2. The third-order valence-electron chi connectivity index (χ3n) is 2.08. The van der Waals surface area contributed by atoms with Gasteiger partial charge in [0.1, 0.15) is 0 Å². The van der Waals surface area contributed by atoms with Crippen molar-refractivity contribution in [3.63, 3.8) is 0 Å². The number of hydrogen-bond acceptors (Lipinski definition) is 2. The maximum absolute atomic E-state index is 11.0. The Labute approximate surface area is 96.8 Å². The van der Waals surface area contributed by atoms with Gasteiger partial charge < -0.3 is 0 Å². The first kappa shape index (κ1) is 12.0. The van der Waals surface area contributed by atoms with Crippen LogP contribution < -0.4 is 0 Å². The highest BCUT2D eigenvalue weighted by molar-refractivity contribution is 9.10. The summed E-state index contributed by atoms with van der Waals surface area (Å²) in [5.41, 5.74) is 2.64. The van der Waals surface area contributed by atoms with Crippen molar-refractivity contribution in [2.45, 2.75) is 19.6 Å². The molecule has 0 saturated carbocycles. The van der Waals surface area contributed by atoms with Crippen molar-refractivity contribution < 1.29 is 8.42 Å². The van der Waals surface area contributed by atoms with E-state index in [9.17, 15) is 8.42 Å². The Morgan fingerprint density at radius 2 is 1.93 bits per heavy atom. The van der Waals surface area contributed by atoms with Crippen molar-refractivity contribution >= 4 is 35.7 Å². The molecular formula is C9H10BrClO2S. The van der Waals surface area contributed by atoms with Crippen LogP contribution >= 0.6 is 26.6 Å². The second-order valence-electron chi connectivity index (χ2n) is 3.15. The number of halogens is 2. The second kappa shape index (κ2) is 4.21. The lowest BCUT2D eigenvalue weighted by molar-refractivity contribution is 0.608. The highest BCUT2D eigenvalue weighted by Crippen LogP contribution is 2.25. The first-order valence-electron chi connectivity index (χ1n) is 3.98. The van der Waals surface area contributed by atoms with Gasteiger partial charge in [-0.05, 0) is 36.6 Å². The summed E-state index contributed by atoms with van der Waals surface area (Å²) >= 11 is 3.35. The number of aryl methyl sites for hydroxylation is 1. The zero-order chi connectivity index (χ0) is 10.9. The minimum atomic E-state index is -3.49. The van der Waals surface area contributed by atoms with Gasteiger partial charge in [0.25, 0.3) is 0 Å². The van der Waals surface area contributed by atoms with Crippen molar-refractivity contribution in [3.8, 4) is 0 Å². The molecule has 0 spiro atoms. The van der Waals surface area contributed by atoms with Crippen molar-refractivity contribution in [3.05, 3.63) is 33.3 Å². The lowest BCUT2D eigenvalue weighted by Gasteiger charge is -2.09. The van der Waals surface area contributed by atoms with Crippen molar-refractivity contribution in [2.24, 2.45) is 0 Å². The van der Waals surface area contributed by atoms with Crippen LogP contribution in [0.5, 0.6) is 0 Å². The largest absolute Gasteiger partial charge is 0.236 e. The summed E-state index contributed by atoms with van der Waals surface area (Å²) < 4.78 is 22.8. The third-order valence-corrected chi connectivity index (χ3v) is 3.90.